The third-order valence-corrected chi connectivity index (χ3v) is 5.04. The van der Waals surface area contributed by atoms with Crippen molar-refractivity contribution in [2.45, 2.75) is 17.9 Å². The van der Waals surface area contributed by atoms with Crippen molar-refractivity contribution in [3.05, 3.63) is 52.0 Å². The van der Waals surface area contributed by atoms with Gasteiger partial charge in [0.25, 0.3) is 0 Å². The summed E-state index contributed by atoms with van der Waals surface area (Å²) in [6, 6.07) is 9.16. The highest BCUT2D eigenvalue weighted by atomic mass is 32.2. The lowest BCUT2D eigenvalue weighted by Crippen LogP contribution is -2.18. The SMILES string of the molecule is CNC(CSc1ccc(F)cc1)c1sccc1C. The summed E-state index contributed by atoms with van der Waals surface area (Å²) in [6.07, 6.45) is 0. The van der Waals surface area contributed by atoms with Gasteiger partial charge in [0.2, 0.25) is 0 Å². The Hall–Kier alpha value is -0.840. The van der Waals surface area contributed by atoms with Crippen molar-refractivity contribution >= 4 is 23.1 Å². The molecule has 1 N–H and O–H groups in total. The molecule has 0 saturated carbocycles. The molecule has 0 aliphatic rings. The van der Waals surface area contributed by atoms with Crippen molar-refractivity contribution in [3.8, 4) is 0 Å². The molecule has 96 valence electrons. The van der Waals surface area contributed by atoms with Gasteiger partial charge in [-0.25, -0.2) is 4.39 Å². The van der Waals surface area contributed by atoms with E-state index in [9.17, 15) is 4.39 Å². The Labute approximate surface area is 115 Å². The van der Waals surface area contributed by atoms with E-state index in [0.29, 0.717) is 6.04 Å². The number of benzene rings is 1. The maximum atomic E-state index is 12.8. The Kier molecular flexibility index (Phi) is 4.80. The molecule has 1 nitrogen and oxygen atoms in total. The molecule has 1 heterocycles. The molecule has 2 aromatic rings. The van der Waals surface area contributed by atoms with Crippen molar-refractivity contribution in [3.63, 3.8) is 0 Å². The van der Waals surface area contributed by atoms with Gasteiger partial charge in [0.1, 0.15) is 5.82 Å². The van der Waals surface area contributed by atoms with Gasteiger partial charge < -0.3 is 5.32 Å². The quantitative estimate of drug-likeness (QED) is 0.822. The van der Waals surface area contributed by atoms with Crippen molar-refractivity contribution in [1.29, 1.82) is 0 Å². The molecule has 4 heteroatoms. The zero-order chi connectivity index (χ0) is 13.0. The average Bonchev–Trinajstić information content (AvgIpc) is 2.79. The maximum absolute atomic E-state index is 12.8. The standard InChI is InChI=1S/C14H16FNS2/c1-10-7-8-17-14(10)13(16-2)9-18-12-5-3-11(15)4-6-12/h3-8,13,16H,9H2,1-2H3. The van der Waals surface area contributed by atoms with Gasteiger partial charge in [0.05, 0.1) is 6.04 Å². The summed E-state index contributed by atoms with van der Waals surface area (Å²) in [5.74, 6) is 0.766. The molecule has 1 aromatic carbocycles. The Morgan fingerprint density at radius 2 is 2.00 bits per heavy atom. The molecule has 0 saturated heterocycles. The van der Waals surface area contributed by atoms with Crippen LogP contribution in [0.15, 0.2) is 40.6 Å². The van der Waals surface area contributed by atoms with Gasteiger partial charge in [-0.15, -0.1) is 23.1 Å². The second kappa shape index (κ2) is 6.36. The second-order valence-corrected chi connectivity index (χ2v) is 6.12. The number of aryl methyl sites for hydroxylation is 1. The summed E-state index contributed by atoms with van der Waals surface area (Å²) >= 11 is 3.53. The van der Waals surface area contributed by atoms with E-state index in [-0.39, 0.29) is 5.82 Å². The van der Waals surface area contributed by atoms with Crippen LogP contribution in [0.2, 0.25) is 0 Å². The van der Waals surface area contributed by atoms with E-state index in [0.717, 1.165) is 10.6 Å². The van der Waals surface area contributed by atoms with Gasteiger partial charge in [-0.1, -0.05) is 0 Å². The first-order valence-electron chi connectivity index (χ1n) is 5.80. The third kappa shape index (κ3) is 3.34. The van der Waals surface area contributed by atoms with Crippen molar-refractivity contribution < 1.29 is 4.39 Å². The first-order chi connectivity index (χ1) is 8.70. The molecule has 0 amide bonds. The summed E-state index contributed by atoms with van der Waals surface area (Å²) in [6.45, 7) is 2.14. The number of thioether (sulfide) groups is 1. The molecule has 1 aromatic heterocycles. The lowest BCUT2D eigenvalue weighted by molar-refractivity contribution is 0.626. The van der Waals surface area contributed by atoms with Crippen LogP contribution >= 0.6 is 23.1 Å². The van der Waals surface area contributed by atoms with Crippen LogP contribution < -0.4 is 5.32 Å². The summed E-state index contributed by atoms with van der Waals surface area (Å²) in [5.41, 5.74) is 1.33. The Morgan fingerprint density at radius 3 is 2.56 bits per heavy atom. The van der Waals surface area contributed by atoms with E-state index < -0.39 is 0 Å². The van der Waals surface area contributed by atoms with Crippen LogP contribution in [-0.4, -0.2) is 12.8 Å². The Bertz CT molecular complexity index is 493. The summed E-state index contributed by atoms with van der Waals surface area (Å²) in [5, 5.41) is 5.47. The maximum Gasteiger partial charge on any atom is 0.123 e. The van der Waals surface area contributed by atoms with Crippen LogP contribution in [0.4, 0.5) is 4.39 Å². The number of hydrogen-bond acceptors (Lipinski definition) is 3. The topological polar surface area (TPSA) is 12.0 Å². The number of nitrogens with one attached hydrogen (secondary N) is 1. The van der Waals surface area contributed by atoms with Crippen LogP contribution in [0.3, 0.4) is 0 Å². The molecule has 1 unspecified atom stereocenters. The zero-order valence-corrected chi connectivity index (χ0v) is 12.1. The van der Waals surface area contributed by atoms with Gasteiger partial charge in [0.15, 0.2) is 0 Å². The summed E-state index contributed by atoms with van der Waals surface area (Å²) in [7, 11) is 1.98. The van der Waals surface area contributed by atoms with Crippen LogP contribution in [0, 0.1) is 12.7 Å². The second-order valence-electron chi connectivity index (χ2n) is 4.07. The lowest BCUT2D eigenvalue weighted by Gasteiger charge is -2.15. The Morgan fingerprint density at radius 1 is 1.28 bits per heavy atom. The zero-order valence-electron chi connectivity index (χ0n) is 10.4. The van der Waals surface area contributed by atoms with Crippen molar-refractivity contribution in [2.75, 3.05) is 12.8 Å². The van der Waals surface area contributed by atoms with E-state index in [1.165, 1.54) is 22.6 Å². The largest absolute Gasteiger partial charge is 0.312 e. The molecule has 0 bridgehead atoms. The summed E-state index contributed by atoms with van der Waals surface area (Å²) in [4.78, 5) is 2.48. The normalized spacial score (nSPS) is 12.6. The van der Waals surface area contributed by atoms with Crippen LogP contribution in [0.25, 0.3) is 0 Å². The molecule has 2 rings (SSSR count). The highest BCUT2D eigenvalue weighted by Gasteiger charge is 2.13. The van der Waals surface area contributed by atoms with Gasteiger partial charge >= 0.3 is 0 Å². The fourth-order valence-corrected chi connectivity index (χ4v) is 3.91. The fraction of sp³-hybridized carbons (Fsp3) is 0.286. The first-order valence-corrected chi connectivity index (χ1v) is 7.67. The number of hydrogen-bond donors (Lipinski definition) is 1. The molecular weight excluding hydrogens is 265 g/mol. The van der Waals surface area contributed by atoms with E-state index in [4.69, 9.17) is 0 Å². The molecule has 0 spiro atoms. The highest BCUT2D eigenvalue weighted by Crippen LogP contribution is 2.29. The minimum atomic E-state index is -0.182. The third-order valence-electron chi connectivity index (χ3n) is 2.80. The average molecular weight is 281 g/mol. The van der Waals surface area contributed by atoms with Crippen LogP contribution in [0.1, 0.15) is 16.5 Å². The minimum Gasteiger partial charge on any atom is -0.312 e. The van der Waals surface area contributed by atoms with E-state index in [2.05, 4.69) is 23.7 Å². The number of halogens is 1. The first kappa shape index (κ1) is 13.6. The predicted molar refractivity (Wildman–Crippen MR) is 78.0 cm³/mol. The van der Waals surface area contributed by atoms with Crippen LogP contribution in [-0.2, 0) is 0 Å². The summed E-state index contributed by atoms with van der Waals surface area (Å²) < 4.78 is 12.8. The smallest absolute Gasteiger partial charge is 0.123 e. The van der Waals surface area contributed by atoms with E-state index in [1.54, 1.807) is 23.1 Å². The van der Waals surface area contributed by atoms with Crippen molar-refractivity contribution in [1.82, 2.24) is 5.32 Å². The molecular formula is C14H16FNS2. The number of rotatable bonds is 5. The van der Waals surface area contributed by atoms with Gasteiger partial charge in [-0.05, 0) is 55.2 Å². The molecule has 0 fully saturated rings. The number of thiophene rings is 1. The molecule has 18 heavy (non-hydrogen) atoms. The molecule has 0 aliphatic carbocycles. The molecule has 0 aliphatic heterocycles. The Balaban J connectivity index is 2.00. The molecule has 1 atom stereocenters. The predicted octanol–water partition coefficient (Wildman–Crippen LogP) is 4.25. The van der Waals surface area contributed by atoms with Gasteiger partial charge in [-0.3, -0.25) is 0 Å². The van der Waals surface area contributed by atoms with Crippen molar-refractivity contribution in [2.24, 2.45) is 0 Å². The van der Waals surface area contributed by atoms with Gasteiger partial charge in [-0.2, -0.15) is 0 Å². The van der Waals surface area contributed by atoms with Crippen LogP contribution in [0.5, 0.6) is 0 Å². The van der Waals surface area contributed by atoms with E-state index >= 15 is 0 Å². The highest BCUT2D eigenvalue weighted by molar-refractivity contribution is 7.99. The van der Waals surface area contributed by atoms with E-state index in [1.807, 2.05) is 19.2 Å². The molecule has 0 radical (unpaired) electrons. The monoisotopic (exact) mass is 281 g/mol. The van der Waals surface area contributed by atoms with Gasteiger partial charge in [0, 0.05) is 15.5 Å². The minimum absolute atomic E-state index is 0.182. The fourth-order valence-electron chi connectivity index (χ4n) is 1.74. The lowest BCUT2D eigenvalue weighted by atomic mass is 10.2.